The highest BCUT2D eigenvalue weighted by Gasteiger charge is 2.07. The number of benzene rings is 2. The zero-order valence-corrected chi connectivity index (χ0v) is 12.7. The summed E-state index contributed by atoms with van der Waals surface area (Å²) in [6, 6.07) is 10.5. The molecule has 0 heterocycles. The number of anilines is 1. The Hall–Kier alpha value is -1.44. The topological polar surface area (TPSA) is 72.2 Å². The Labute approximate surface area is 125 Å². The van der Waals surface area contributed by atoms with Crippen molar-refractivity contribution in [1.82, 2.24) is 0 Å². The fourth-order valence-electron chi connectivity index (χ4n) is 1.62. The second-order valence-corrected chi connectivity index (χ2v) is 6.57. The van der Waals surface area contributed by atoms with Gasteiger partial charge in [-0.15, -0.1) is 0 Å². The molecule has 106 valence electrons. The third-order valence-electron chi connectivity index (χ3n) is 2.68. The highest BCUT2D eigenvalue weighted by atomic mass is 79.9. The van der Waals surface area contributed by atoms with Crippen molar-refractivity contribution in [3.05, 3.63) is 58.3 Å². The molecule has 0 aliphatic rings. The molecule has 0 radical (unpaired) electrons. The van der Waals surface area contributed by atoms with E-state index in [4.69, 9.17) is 5.14 Å². The van der Waals surface area contributed by atoms with E-state index in [1.54, 1.807) is 18.2 Å². The van der Waals surface area contributed by atoms with Crippen molar-refractivity contribution in [3.8, 4) is 0 Å². The Morgan fingerprint density at radius 1 is 1.15 bits per heavy atom. The average Bonchev–Trinajstić information content (AvgIpc) is 2.37. The van der Waals surface area contributed by atoms with Crippen LogP contribution in [0.15, 0.2) is 51.8 Å². The third kappa shape index (κ3) is 3.78. The molecule has 0 spiro atoms. The number of rotatable bonds is 4. The molecule has 2 rings (SSSR count). The second kappa shape index (κ2) is 5.90. The molecular weight excluding hydrogens is 347 g/mol. The lowest BCUT2D eigenvalue weighted by molar-refractivity contribution is 0.598. The van der Waals surface area contributed by atoms with Gasteiger partial charge in [-0.25, -0.2) is 17.9 Å². The lowest BCUT2D eigenvalue weighted by Gasteiger charge is -2.09. The number of hydrogen-bond acceptors (Lipinski definition) is 3. The van der Waals surface area contributed by atoms with Crippen molar-refractivity contribution in [3.63, 3.8) is 0 Å². The van der Waals surface area contributed by atoms with Gasteiger partial charge in [0.1, 0.15) is 5.82 Å². The third-order valence-corrected chi connectivity index (χ3v) is 4.35. The van der Waals surface area contributed by atoms with Crippen LogP contribution < -0.4 is 10.5 Å². The van der Waals surface area contributed by atoms with Crippen molar-refractivity contribution in [2.75, 3.05) is 5.32 Å². The van der Waals surface area contributed by atoms with Crippen molar-refractivity contribution in [2.24, 2.45) is 5.14 Å². The molecule has 7 heteroatoms. The van der Waals surface area contributed by atoms with Gasteiger partial charge >= 0.3 is 0 Å². The van der Waals surface area contributed by atoms with Crippen LogP contribution in [0.1, 0.15) is 5.56 Å². The molecule has 0 saturated carbocycles. The molecule has 0 unspecified atom stereocenters. The van der Waals surface area contributed by atoms with Crippen LogP contribution in [0.25, 0.3) is 0 Å². The predicted molar refractivity (Wildman–Crippen MR) is 79.2 cm³/mol. The van der Waals surface area contributed by atoms with E-state index >= 15 is 0 Å². The maximum Gasteiger partial charge on any atom is 0.238 e. The highest BCUT2D eigenvalue weighted by Crippen LogP contribution is 2.20. The Kier molecular flexibility index (Phi) is 4.42. The highest BCUT2D eigenvalue weighted by molar-refractivity contribution is 9.10. The van der Waals surface area contributed by atoms with Gasteiger partial charge in [0, 0.05) is 16.7 Å². The largest absolute Gasteiger partial charge is 0.381 e. The van der Waals surface area contributed by atoms with E-state index in [1.165, 1.54) is 24.3 Å². The summed E-state index contributed by atoms with van der Waals surface area (Å²) in [4.78, 5) is 0.0611. The molecule has 0 amide bonds. The number of halogens is 2. The first-order valence-corrected chi connectivity index (χ1v) is 8.01. The molecule has 20 heavy (non-hydrogen) atoms. The summed E-state index contributed by atoms with van der Waals surface area (Å²) < 4.78 is 35.9. The molecule has 0 saturated heterocycles. The fourth-order valence-corrected chi connectivity index (χ4v) is 2.63. The zero-order chi connectivity index (χ0) is 14.8. The molecule has 2 aromatic rings. The van der Waals surface area contributed by atoms with Gasteiger partial charge < -0.3 is 5.32 Å². The summed E-state index contributed by atoms with van der Waals surface area (Å²) in [6.45, 7) is 0.482. The van der Waals surface area contributed by atoms with Gasteiger partial charge in [-0.3, -0.25) is 0 Å². The summed E-state index contributed by atoms with van der Waals surface area (Å²) in [5, 5.41) is 8.13. The minimum Gasteiger partial charge on any atom is -0.381 e. The van der Waals surface area contributed by atoms with E-state index in [0.717, 1.165) is 11.3 Å². The molecule has 3 N–H and O–H groups in total. The van der Waals surface area contributed by atoms with Crippen molar-refractivity contribution >= 4 is 31.6 Å². The Balaban J connectivity index is 2.08. The lowest BCUT2D eigenvalue weighted by Crippen LogP contribution is -2.12. The molecule has 0 aromatic heterocycles. The fraction of sp³-hybridized carbons (Fsp3) is 0.0769. The normalized spacial score (nSPS) is 11.3. The standard InChI is InChI=1S/C13H12BrFN2O2S/c14-13-7-10(15)2-1-9(13)8-17-11-3-5-12(6-4-11)20(16,18)19/h1-7,17H,8H2,(H2,16,18,19). The maximum absolute atomic E-state index is 12.9. The SMILES string of the molecule is NS(=O)(=O)c1ccc(NCc2ccc(F)cc2Br)cc1. The lowest BCUT2D eigenvalue weighted by atomic mass is 10.2. The maximum atomic E-state index is 12.9. The Morgan fingerprint density at radius 2 is 1.80 bits per heavy atom. The van der Waals surface area contributed by atoms with E-state index in [1.807, 2.05) is 0 Å². The Morgan fingerprint density at radius 3 is 2.35 bits per heavy atom. The van der Waals surface area contributed by atoms with Gasteiger partial charge in [0.25, 0.3) is 0 Å². The summed E-state index contributed by atoms with van der Waals surface area (Å²) >= 11 is 3.28. The predicted octanol–water partition coefficient (Wildman–Crippen LogP) is 2.85. The number of hydrogen-bond donors (Lipinski definition) is 2. The van der Waals surface area contributed by atoms with Crippen LogP contribution in [0.3, 0.4) is 0 Å². The number of nitrogens with one attached hydrogen (secondary N) is 1. The van der Waals surface area contributed by atoms with Gasteiger partial charge in [-0.2, -0.15) is 0 Å². The van der Waals surface area contributed by atoms with Crippen LogP contribution in [0.4, 0.5) is 10.1 Å². The van der Waals surface area contributed by atoms with Crippen molar-refractivity contribution in [1.29, 1.82) is 0 Å². The zero-order valence-electron chi connectivity index (χ0n) is 10.3. The number of nitrogens with two attached hydrogens (primary N) is 1. The first kappa shape index (κ1) is 15.0. The van der Waals surface area contributed by atoms with Gasteiger partial charge in [0.15, 0.2) is 0 Å². The van der Waals surface area contributed by atoms with E-state index in [2.05, 4.69) is 21.2 Å². The van der Waals surface area contributed by atoms with Crippen LogP contribution in [-0.2, 0) is 16.6 Å². The van der Waals surface area contributed by atoms with Crippen LogP contribution in [0.2, 0.25) is 0 Å². The quantitative estimate of drug-likeness (QED) is 0.882. The summed E-state index contributed by atoms with van der Waals surface area (Å²) in [5.74, 6) is -0.307. The van der Waals surface area contributed by atoms with Crippen molar-refractivity contribution < 1.29 is 12.8 Å². The van der Waals surface area contributed by atoms with Gasteiger partial charge in [-0.05, 0) is 42.0 Å². The summed E-state index contributed by atoms with van der Waals surface area (Å²) in [6.07, 6.45) is 0. The monoisotopic (exact) mass is 358 g/mol. The molecule has 0 bridgehead atoms. The van der Waals surface area contributed by atoms with Gasteiger partial charge in [0.05, 0.1) is 4.90 Å². The molecule has 0 fully saturated rings. The van der Waals surface area contributed by atoms with Gasteiger partial charge in [0.2, 0.25) is 10.0 Å². The molecule has 4 nitrogen and oxygen atoms in total. The molecular formula is C13H12BrFN2O2S. The van der Waals surface area contributed by atoms with Crippen LogP contribution in [0.5, 0.6) is 0 Å². The van der Waals surface area contributed by atoms with Crippen LogP contribution >= 0.6 is 15.9 Å². The van der Waals surface area contributed by atoms with Crippen LogP contribution in [0, 0.1) is 5.82 Å². The minimum absolute atomic E-state index is 0.0611. The average molecular weight is 359 g/mol. The smallest absolute Gasteiger partial charge is 0.238 e. The number of primary sulfonamides is 1. The van der Waals surface area contributed by atoms with E-state index in [0.29, 0.717) is 11.0 Å². The Bertz CT molecular complexity index is 718. The molecule has 0 aliphatic carbocycles. The first-order chi connectivity index (χ1) is 9.36. The second-order valence-electron chi connectivity index (χ2n) is 4.16. The van der Waals surface area contributed by atoms with E-state index in [-0.39, 0.29) is 10.7 Å². The van der Waals surface area contributed by atoms with E-state index in [9.17, 15) is 12.8 Å². The van der Waals surface area contributed by atoms with E-state index < -0.39 is 10.0 Å². The minimum atomic E-state index is -3.68. The number of sulfonamides is 1. The van der Waals surface area contributed by atoms with Crippen LogP contribution in [-0.4, -0.2) is 8.42 Å². The molecule has 0 atom stereocenters. The molecule has 2 aromatic carbocycles. The summed E-state index contributed by atoms with van der Waals surface area (Å²) in [7, 11) is -3.68. The van der Waals surface area contributed by atoms with Crippen molar-refractivity contribution in [2.45, 2.75) is 11.4 Å². The van der Waals surface area contributed by atoms with Gasteiger partial charge in [-0.1, -0.05) is 22.0 Å². The molecule has 0 aliphatic heterocycles. The summed E-state index contributed by atoms with van der Waals surface area (Å²) in [5.41, 5.74) is 1.63. The first-order valence-electron chi connectivity index (χ1n) is 5.67.